The van der Waals surface area contributed by atoms with Crippen molar-refractivity contribution >= 4 is 11.6 Å². The number of benzene rings is 1. The fourth-order valence-electron chi connectivity index (χ4n) is 1.40. The van der Waals surface area contributed by atoms with Crippen molar-refractivity contribution in [2.24, 2.45) is 0 Å². The number of rotatable bonds is 5. The summed E-state index contributed by atoms with van der Waals surface area (Å²) in [6, 6.07) is 5.68. The number of ether oxygens (including phenoxy) is 1. The molecule has 0 unspecified atom stereocenters. The van der Waals surface area contributed by atoms with Gasteiger partial charge in [0.15, 0.2) is 0 Å². The molecule has 0 heterocycles. The van der Waals surface area contributed by atoms with Crippen LogP contribution in [-0.4, -0.2) is 31.5 Å². The van der Waals surface area contributed by atoms with E-state index in [9.17, 15) is 4.79 Å². The number of carbonyl (C=O) groups is 1. The number of hydrogen-bond donors (Lipinski definition) is 1. The molecular formula is C13H20N2O2. The minimum absolute atomic E-state index is 0.116. The van der Waals surface area contributed by atoms with E-state index in [0.29, 0.717) is 30.9 Å². The van der Waals surface area contributed by atoms with Gasteiger partial charge in [0, 0.05) is 20.5 Å². The molecule has 0 radical (unpaired) electrons. The van der Waals surface area contributed by atoms with Crippen LogP contribution in [0.4, 0.5) is 5.69 Å². The van der Waals surface area contributed by atoms with E-state index in [1.807, 2.05) is 25.1 Å². The van der Waals surface area contributed by atoms with Crippen LogP contribution in [0.15, 0.2) is 18.2 Å². The van der Waals surface area contributed by atoms with E-state index in [4.69, 9.17) is 10.5 Å². The molecule has 1 rings (SSSR count). The summed E-state index contributed by atoms with van der Waals surface area (Å²) in [6.45, 7) is 2.50. The number of aryl methyl sites for hydroxylation is 1. The Labute approximate surface area is 102 Å². The van der Waals surface area contributed by atoms with Gasteiger partial charge in [0.25, 0.3) is 0 Å². The second-order valence-electron chi connectivity index (χ2n) is 4.28. The van der Waals surface area contributed by atoms with Crippen molar-refractivity contribution < 1.29 is 9.53 Å². The third-order valence-electron chi connectivity index (χ3n) is 2.46. The van der Waals surface area contributed by atoms with Crippen molar-refractivity contribution in [1.29, 1.82) is 0 Å². The molecule has 0 spiro atoms. The van der Waals surface area contributed by atoms with Crippen molar-refractivity contribution in [1.82, 2.24) is 4.90 Å². The van der Waals surface area contributed by atoms with Gasteiger partial charge < -0.3 is 15.4 Å². The van der Waals surface area contributed by atoms with E-state index < -0.39 is 0 Å². The Bertz CT molecular complexity index is 389. The normalized spacial score (nSPS) is 10.1. The Morgan fingerprint density at radius 3 is 2.76 bits per heavy atom. The predicted octanol–water partition coefficient (Wildman–Crippen LogP) is 1.82. The number of nitrogen functional groups attached to an aromatic ring is 1. The van der Waals surface area contributed by atoms with E-state index >= 15 is 0 Å². The number of nitrogens with two attached hydrogens (primary N) is 1. The lowest BCUT2D eigenvalue weighted by Gasteiger charge is -2.11. The Morgan fingerprint density at radius 2 is 2.12 bits per heavy atom. The average Bonchev–Trinajstić information content (AvgIpc) is 2.28. The van der Waals surface area contributed by atoms with Gasteiger partial charge in [0.2, 0.25) is 5.91 Å². The number of hydrogen-bond acceptors (Lipinski definition) is 3. The van der Waals surface area contributed by atoms with Crippen molar-refractivity contribution in [3.63, 3.8) is 0 Å². The average molecular weight is 236 g/mol. The summed E-state index contributed by atoms with van der Waals surface area (Å²) in [6.07, 6.45) is 1.20. The minimum atomic E-state index is 0.116. The van der Waals surface area contributed by atoms with E-state index in [0.717, 1.165) is 5.56 Å². The summed E-state index contributed by atoms with van der Waals surface area (Å²) >= 11 is 0. The van der Waals surface area contributed by atoms with Crippen LogP contribution in [0.3, 0.4) is 0 Å². The Kier molecular flexibility index (Phi) is 4.82. The standard InChI is InChI=1S/C13H20N2O2/c1-10-6-7-11(14)12(9-10)17-8-4-5-13(16)15(2)3/h6-7,9H,4-5,8,14H2,1-3H3. The van der Waals surface area contributed by atoms with Gasteiger partial charge in [-0.05, 0) is 31.0 Å². The Morgan fingerprint density at radius 1 is 1.41 bits per heavy atom. The van der Waals surface area contributed by atoms with E-state index in [1.165, 1.54) is 0 Å². The molecule has 0 aliphatic heterocycles. The van der Waals surface area contributed by atoms with Gasteiger partial charge in [-0.25, -0.2) is 0 Å². The Balaban J connectivity index is 2.36. The topological polar surface area (TPSA) is 55.6 Å². The van der Waals surface area contributed by atoms with E-state index in [1.54, 1.807) is 19.0 Å². The summed E-state index contributed by atoms with van der Waals surface area (Å²) in [5, 5.41) is 0. The van der Waals surface area contributed by atoms with Crippen LogP contribution in [0.1, 0.15) is 18.4 Å². The van der Waals surface area contributed by atoms with Gasteiger partial charge in [0.1, 0.15) is 5.75 Å². The summed E-state index contributed by atoms with van der Waals surface area (Å²) < 4.78 is 5.55. The maximum Gasteiger partial charge on any atom is 0.222 e. The molecule has 0 bridgehead atoms. The van der Waals surface area contributed by atoms with Gasteiger partial charge in [-0.3, -0.25) is 4.79 Å². The van der Waals surface area contributed by atoms with Crippen molar-refractivity contribution in [3.05, 3.63) is 23.8 Å². The molecule has 0 aliphatic rings. The number of anilines is 1. The number of amides is 1. The van der Waals surface area contributed by atoms with Gasteiger partial charge in [0.05, 0.1) is 12.3 Å². The fourth-order valence-corrected chi connectivity index (χ4v) is 1.40. The maximum absolute atomic E-state index is 11.3. The van der Waals surface area contributed by atoms with Crippen LogP contribution in [-0.2, 0) is 4.79 Å². The summed E-state index contributed by atoms with van der Waals surface area (Å²) in [7, 11) is 3.50. The van der Waals surface area contributed by atoms with Crippen LogP contribution in [0.25, 0.3) is 0 Å². The summed E-state index contributed by atoms with van der Waals surface area (Å²) in [5.74, 6) is 0.813. The molecule has 0 saturated heterocycles. The molecule has 1 aromatic rings. The van der Waals surface area contributed by atoms with Gasteiger partial charge >= 0.3 is 0 Å². The lowest BCUT2D eigenvalue weighted by Crippen LogP contribution is -2.21. The van der Waals surface area contributed by atoms with E-state index in [2.05, 4.69) is 0 Å². The van der Waals surface area contributed by atoms with Gasteiger partial charge in [-0.2, -0.15) is 0 Å². The van der Waals surface area contributed by atoms with Gasteiger partial charge in [-0.1, -0.05) is 6.07 Å². The molecule has 0 aliphatic carbocycles. The van der Waals surface area contributed by atoms with Crippen LogP contribution in [0.2, 0.25) is 0 Å². The molecule has 0 atom stereocenters. The molecule has 0 aromatic heterocycles. The minimum Gasteiger partial charge on any atom is -0.491 e. The van der Waals surface area contributed by atoms with Crippen molar-refractivity contribution in [2.45, 2.75) is 19.8 Å². The molecule has 1 amide bonds. The number of nitrogens with zero attached hydrogens (tertiary/aromatic N) is 1. The van der Waals surface area contributed by atoms with E-state index in [-0.39, 0.29) is 5.91 Å². The third-order valence-corrected chi connectivity index (χ3v) is 2.46. The molecule has 1 aromatic carbocycles. The molecular weight excluding hydrogens is 216 g/mol. The molecule has 17 heavy (non-hydrogen) atoms. The zero-order chi connectivity index (χ0) is 12.8. The largest absolute Gasteiger partial charge is 0.491 e. The zero-order valence-corrected chi connectivity index (χ0v) is 10.7. The summed E-state index contributed by atoms with van der Waals surface area (Å²) in [4.78, 5) is 12.9. The van der Waals surface area contributed by atoms with Gasteiger partial charge in [-0.15, -0.1) is 0 Å². The Hall–Kier alpha value is -1.71. The molecule has 0 fully saturated rings. The van der Waals surface area contributed by atoms with Crippen molar-refractivity contribution in [2.75, 3.05) is 26.4 Å². The quantitative estimate of drug-likeness (QED) is 0.626. The smallest absolute Gasteiger partial charge is 0.222 e. The third kappa shape index (κ3) is 4.34. The second kappa shape index (κ2) is 6.13. The monoisotopic (exact) mass is 236 g/mol. The highest BCUT2D eigenvalue weighted by molar-refractivity contribution is 5.75. The SMILES string of the molecule is Cc1ccc(N)c(OCCCC(=O)N(C)C)c1. The molecule has 94 valence electrons. The van der Waals surface area contributed by atoms with Crippen LogP contribution < -0.4 is 10.5 Å². The molecule has 4 nitrogen and oxygen atoms in total. The fraction of sp³-hybridized carbons (Fsp3) is 0.462. The molecule has 2 N–H and O–H groups in total. The lowest BCUT2D eigenvalue weighted by molar-refractivity contribution is -0.128. The lowest BCUT2D eigenvalue weighted by atomic mass is 10.2. The highest BCUT2D eigenvalue weighted by Crippen LogP contribution is 2.22. The van der Waals surface area contributed by atoms with Crippen molar-refractivity contribution in [3.8, 4) is 5.75 Å². The van der Waals surface area contributed by atoms with Crippen LogP contribution >= 0.6 is 0 Å². The number of carbonyl (C=O) groups excluding carboxylic acids is 1. The first-order chi connectivity index (χ1) is 8.00. The summed E-state index contributed by atoms with van der Waals surface area (Å²) in [5.41, 5.74) is 7.52. The first kappa shape index (κ1) is 13.4. The van der Waals surface area contributed by atoms with Crippen LogP contribution in [0.5, 0.6) is 5.75 Å². The highest BCUT2D eigenvalue weighted by atomic mass is 16.5. The highest BCUT2D eigenvalue weighted by Gasteiger charge is 2.04. The predicted molar refractivity (Wildman–Crippen MR) is 69.0 cm³/mol. The first-order valence-corrected chi connectivity index (χ1v) is 5.70. The molecule has 0 saturated carbocycles. The zero-order valence-electron chi connectivity index (χ0n) is 10.7. The second-order valence-corrected chi connectivity index (χ2v) is 4.28. The van der Waals surface area contributed by atoms with Crippen LogP contribution in [0, 0.1) is 6.92 Å². The first-order valence-electron chi connectivity index (χ1n) is 5.70. The molecule has 4 heteroatoms. The maximum atomic E-state index is 11.3.